The zero-order valence-electron chi connectivity index (χ0n) is 10.6. The van der Waals surface area contributed by atoms with Crippen LogP contribution in [0, 0.1) is 11.6 Å². The number of nitrogens with two attached hydrogens (primary N) is 1. The highest BCUT2D eigenvalue weighted by atomic mass is 35.5. The van der Waals surface area contributed by atoms with Crippen LogP contribution in [0.3, 0.4) is 0 Å². The third-order valence-electron chi connectivity index (χ3n) is 2.60. The summed E-state index contributed by atoms with van der Waals surface area (Å²) in [5.41, 5.74) is 5.17. The number of hydrogen-bond acceptors (Lipinski definition) is 4. The zero-order chi connectivity index (χ0) is 15.6. The van der Waals surface area contributed by atoms with Crippen molar-refractivity contribution in [1.29, 1.82) is 0 Å². The molecule has 4 nitrogen and oxygen atoms in total. The quantitative estimate of drug-likeness (QED) is 0.813. The SMILES string of the molecule is Nc1cc(F)c(F)c(S(=O)(=O)NCCc2ccc(Cl)s2)c1. The fourth-order valence-electron chi connectivity index (χ4n) is 1.65. The van der Waals surface area contributed by atoms with E-state index in [4.69, 9.17) is 17.3 Å². The summed E-state index contributed by atoms with van der Waals surface area (Å²) >= 11 is 7.07. The number of halogens is 3. The molecule has 114 valence electrons. The summed E-state index contributed by atoms with van der Waals surface area (Å²) in [7, 11) is -4.17. The summed E-state index contributed by atoms with van der Waals surface area (Å²) in [6.45, 7) is 0.0367. The minimum absolute atomic E-state index is 0.0367. The first-order chi connectivity index (χ1) is 9.79. The number of nitrogens with one attached hydrogen (secondary N) is 1. The van der Waals surface area contributed by atoms with Crippen molar-refractivity contribution >= 4 is 38.6 Å². The molecule has 0 aliphatic heterocycles. The molecule has 0 aliphatic rings. The first-order valence-electron chi connectivity index (χ1n) is 5.78. The Morgan fingerprint density at radius 1 is 1.29 bits per heavy atom. The molecule has 0 radical (unpaired) electrons. The lowest BCUT2D eigenvalue weighted by atomic mass is 10.3. The molecule has 1 aromatic carbocycles. The van der Waals surface area contributed by atoms with E-state index >= 15 is 0 Å². The lowest BCUT2D eigenvalue weighted by Crippen LogP contribution is -2.27. The van der Waals surface area contributed by atoms with E-state index in [1.54, 1.807) is 12.1 Å². The van der Waals surface area contributed by atoms with Crippen molar-refractivity contribution < 1.29 is 17.2 Å². The number of benzene rings is 1. The molecule has 0 spiro atoms. The zero-order valence-corrected chi connectivity index (χ0v) is 13.0. The third-order valence-corrected chi connectivity index (χ3v) is 5.35. The van der Waals surface area contributed by atoms with Gasteiger partial charge in [-0.3, -0.25) is 0 Å². The molecular weight excluding hydrogens is 342 g/mol. The highest BCUT2D eigenvalue weighted by Gasteiger charge is 2.22. The van der Waals surface area contributed by atoms with Gasteiger partial charge in [0.05, 0.1) is 4.34 Å². The second kappa shape index (κ2) is 6.27. The topological polar surface area (TPSA) is 72.2 Å². The molecule has 2 aromatic rings. The van der Waals surface area contributed by atoms with Crippen LogP contribution in [0.15, 0.2) is 29.2 Å². The van der Waals surface area contributed by atoms with Crippen molar-refractivity contribution in [3.63, 3.8) is 0 Å². The van der Waals surface area contributed by atoms with E-state index < -0.39 is 26.6 Å². The fourth-order valence-corrected chi connectivity index (χ4v) is 3.89. The van der Waals surface area contributed by atoms with Gasteiger partial charge in [-0.1, -0.05) is 11.6 Å². The molecule has 0 unspecified atom stereocenters. The summed E-state index contributed by atoms with van der Waals surface area (Å²) in [6.07, 6.45) is 0.392. The molecule has 0 saturated heterocycles. The van der Waals surface area contributed by atoms with Gasteiger partial charge in [-0.2, -0.15) is 0 Å². The van der Waals surface area contributed by atoms with Gasteiger partial charge in [0, 0.05) is 17.1 Å². The molecule has 0 saturated carbocycles. The number of hydrogen-bond donors (Lipinski definition) is 2. The largest absolute Gasteiger partial charge is 0.399 e. The second-order valence-corrected chi connectivity index (χ2v) is 7.70. The maximum absolute atomic E-state index is 13.6. The minimum atomic E-state index is -4.17. The van der Waals surface area contributed by atoms with Gasteiger partial charge in [-0.25, -0.2) is 21.9 Å². The Labute approximate surface area is 129 Å². The summed E-state index contributed by atoms with van der Waals surface area (Å²) in [5, 5.41) is 0. The van der Waals surface area contributed by atoms with Gasteiger partial charge >= 0.3 is 0 Å². The van der Waals surface area contributed by atoms with Crippen LogP contribution < -0.4 is 10.5 Å². The molecule has 0 fully saturated rings. The number of rotatable bonds is 5. The van der Waals surface area contributed by atoms with Crippen molar-refractivity contribution in [2.24, 2.45) is 0 Å². The van der Waals surface area contributed by atoms with Crippen LogP contribution in [0.1, 0.15) is 4.88 Å². The lowest BCUT2D eigenvalue weighted by molar-refractivity contribution is 0.484. The van der Waals surface area contributed by atoms with Crippen LogP contribution in [0.5, 0.6) is 0 Å². The van der Waals surface area contributed by atoms with Crippen LogP contribution in [-0.2, 0) is 16.4 Å². The van der Waals surface area contributed by atoms with E-state index in [1.807, 2.05) is 0 Å². The highest BCUT2D eigenvalue weighted by Crippen LogP contribution is 2.23. The Morgan fingerprint density at radius 2 is 2.00 bits per heavy atom. The third kappa shape index (κ3) is 3.91. The predicted octanol–water partition coefficient (Wildman–Crippen LogP) is 2.78. The van der Waals surface area contributed by atoms with Gasteiger partial charge in [-0.05, 0) is 30.7 Å². The minimum Gasteiger partial charge on any atom is -0.399 e. The average Bonchev–Trinajstić information content (AvgIpc) is 2.79. The Bertz CT molecular complexity index is 763. The van der Waals surface area contributed by atoms with Crippen molar-refractivity contribution in [1.82, 2.24) is 4.72 Å². The molecule has 0 atom stereocenters. The van der Waals surface area contributed by atoms with Crippen molar-refractivity contribution in [3.8, 4) is 0 Å². The number of nitrogen functional groups attached to an aromatic ring is 1. The molecule has 0 aliphatic carbocycles. The second-order valence-electron chi connectivity index (χ2n) is 4.17. The Kier molecular flexibility index (Phi) is 4.82. The van der Waals surface area contributed by atoms with Crippen LogP contribution in [0.4, 0.5) is 14.5 Å². The van der Waals surface area contributed by atoms with Gasteiger partial charge in [-0.15, -0.1) is 11.3 Å². The number of anilines is 1. The maximum Gasteiger partial charge on any atom is 0.243 e. The van der Waals surface area contributed by atoms with Gasteiger partial charge in [0.1, 0.15) is 4.90 Å². The van der Waals surface area contributed by atoms with E-state index in [1.165, 1.54) is 11.3 Å². The Balaban J connectivity index is 2.12. The van der Waals surface area contributed by atoms with Crippen molar-refractivity contribution in [2.45, 2.75) is 11.3 Å². The fraction of sp³-hybridized carbons (Fsp3) is 0.167. The Hall–Kier alpha value is -1.22. The maximum atomic E-state index is 13.6. The molecular formula is C12H11ClF2N2O2S2. The highest BCUT2D eigenvalue weighted by molar-refractivity contribution is 7.89. The molecule has 9 heteroatoms. The summed E-state index contributed by atoms with van der Waals surface area (Å²) < 4.78 is 53.5. The summed E-state index contributed by atoms with van der Waals surface area (Å²) in [5.74, 6) is -2.75. The van der Waals surface area contributed by atoms with E-state index in [-0.39, 0.29) is 12.2 Å². The molecule has 1 heterocycles. The first kappa shape index (κ1) is 16.2. The van der Waals surface area contributed by atoms with Gasteiger partial charge in [0.25, 0.3) is 0 Å². The van der Waals surface area contributed by atoms with Crippen LogP contribution >= 0.6 is 22.9 Å². The summed E-state index contributed by atoms with van der Waals surface area (Å²) in [4.78, 5) is 0.0751. The standard InChI is InChI=1S/C12H11ClF2N2O2S2/c13-11-2-1-8(20-11)3-4-17-21(18,19)10-6-7(16)5-9(14)12(10)15/h1-2,5-6,17H,3-4,16H2. The molecule has 1 aromatic heterocycles. The normalized spacial score (nSPS) is 11.8. The molecule has 3 N–H and O–H groups in total. The summed E-state index contributed by atoms with van der Waals surface area (Å²) in [6, 6.07) is 5.07. The predicted molar refractivity (Wildman–Crippen MR) is 79.0 cm³/mol. The molecule has 0 bridgehead atoms. The van der Waals surface area contributed by atoms with Gasteiger partial charge < -0.3 is 5.73 Å². The van der Waals surface area contributed by atoms with E-state index in [9.17, 15) is 17.2 Å². The number of thiophene rings is 1. The Morgan fingerprint density at radius 3 is 2.62 bits per heavy atom. The number of sulfonamides is 1. The van der Waals surface area contributed by atoms with Crippen LogP contribution in [-0.4, -0.2) is 15.0 Å². The average molecular weight is 353 g/mol. The van der Waals surface area contributed by atoms with Crippen LogP contribution in [0.25, 0.3) is 0 Å². The van der Waals surface area contributed by atoms with E-state index in [2.05, 4.69) is 4.72 Å². The molecule has 2 rings (SSSR count). The van der Waals surface area contributed by atoms with Gasteiger partial charge in [0.15, 0.2) is 11.6 Å². The molecule has 0 amide bonds. The van der Waals surface area contributed by atoms with Crippen molar-refractivity contribution in [3.05, 3.63) is 45.1 Å². The van der Waals surface area contributed by atoms with E-state index in [0.717, 1.165) is 17.0 Å². The lowest BCUT2D eigenvalue weighted by Gasteiger charge is -2.08. The van der Waals surface area contributed by atoms with Crippen LogP contribution in [0.2, 0.25) is 4.34 Å². The first-order valence-corrected chi connectivity index (χ1v) is 8.46. The van der Waals surface area contributed by atoms with E-state index in [0.29, 0.717) is 10.8 Å². The molecule has 21 heavy (non-hydrogen) atoms. The monoisotopic (exact) mass is 352 g/mol. The smallest absolute Gasteiger partial charge is 0.243 e. The van der Waals surface area contributed by atoms with Gasteiger partial charge in [0.2, 0.25) is 10.0 Å². The van der Waals surface area contributed by atoms with Crippen molar-refractivity contribution in [2.75, 3.05) is 12.3 Å².